The highest BCUT2D eigenvalue weighted by Gasteiger charge is 2.28. The summed E-state index contributed by atoms with van der Waals surface area (Å²) >= 11 is 0. The van der Waals surface area contributed by atoms with Gasteiger partial charge in [-0.15, -0.1) is 0 Å². The molecule has 0 radical (unpaired) electrons. The number of amides is 2. The van der Waals surface area contributed by atoms with Crippen LogP contribution in [-0.2, 0) is 9.59 Å². The second-order valence-electron chi connectivity index (χ2n) is 11.5. The van der Waals surface area contributed by atoms with E-state index in [1.165, 1.54) is 33.4 Å². The Morgan fingerprint density at radius 1 is 0.500 bits per heavy atom. The molecule has 0 spiro atoms. The van der Waals surface area contributed by atoms with Crippen molar-refractivity contribution in [1.29, 1.82) is 0 Å². The van der Waals surface area contributed by atoms with Crippen LogP contribution in [0.1, 0.15) is 107 Å². The summed E-state index contributed by atoms with van der Waals surface area (Å²) in [7, 11) is 0. The molecule has 1 aliphatic rings. The quantitative estimate of drug-likeness (QED) is 0.191. The molecule has 0 saturated carbocycles. The minimum atomic E-state index is 0.0321. The van der Waals surface area contributed by atoms with Crippen LogP contribution in [0, 0.1) is 0 Å². The first-order valence-corrected chi connectivity index (χ1v) is 14.4. The van der Waals surface area contributed by atoms with Gasteiger partial charge in [0.25, 0.3) is 0 Å². The molecule has 1 rings (SSSR count). The van der Waals surface area contributed by atoms with Crippen molar-refractivity contribution >= 4 is 11.8 Å². The molecule has 0 aromatic carbocycles. The molecule has 0 aromatic heterocycles. The average Bonchev–Trinajstić information content (AvgIpc) is 2.83. The largest absolute Gasteiger partial charge is 0.328 e. The van der Waals surface area contributed by atoms with E-state index in [1.807, 2.05) is 0 Å². The van der Waals surface area contributed by atoms with Crippen molar-refractivity contribution in [2.75, 3.05) is 26.2 Å². The number of hydrogen-bond acceptors (Lipinski definition) is 2. The van der Waals surface area contributed by atoms with Crippen molar-refractivity contribution in [3.63, 3.8) is 0 Å². The molecular formula is C34H54N2O2. The van der Waals surface area contributed by atoms with Crippen LogP contribution in [0.3, 0.4) is 0 Å². The molecule has 0 aromatic rings. The molecule has 0 aliphatic carbocycles. The lowest BCUT2D eigenvalue weighted by molar-refractivity contribution is -0.149. The summed E-state index contributed by atoms with van der Waals surface area (Å²) in [4.78, 5) is 28.7. The zero-order chi connectivity index (χ0) is 28.5. The summed E-state index contributed by atoms with van der Waals surface area (Å²) < 4.78 is 0. The zero-order valence-electron chi connectivity index (χ0n) is 25.7. The van der Waals surface area contributed by atoms with Gasteiger partial charge in [-0.3, -0.25) is 9.59 Å². The second kappa shape index (κ2) is 18.6. The molecule has 1 saturated heterocycles. The van der Waals surface area contributed by atoms with Crippen LogP contribution in [0.15, 0.2) is 69.9 Å². The molecule has 2 amide bonds. The topological polar surface area (TPSA) is 40.6 Å². The molecule has 212 valence electrons. The van der Waals surface area contributed by atoms with Gasteiger partial charge < -0.3 is 9.80 Å². The van der Waals surface area contributed by atoms with Crippen molar-refractivity contribution in [2.45, 2.75) is 107 Å². The summed E-state index contributed by atoms with van der Waals surface area (Å²) in [6, 6.07) is 0. The van der Waals surface area contributed by atoms with Crippen LogP contribution in [0.2, 0.25) is 0 Å². The molecule has 0 bridgehead atoms. The maximum Gasteiger partial charge on any atom is 0.242 e. The van der Waals surface area contributed by atoms with Gasteiger partial charge in [0.2, 0.25) is 11.8 Å². The van der Waals surface area contributed by atoms with Crippen LogP contribution < -0.4 is 0 Å². The first-order chi connectivity index (χ1) is 18.0. The van der Waals surface area contributed by atoms with Gasteiger partial charge in [-0.05, 0) is 107 Å². The zero-order valence-corrected chi connectivity index (χ0v) is 25.7. The van der Waals surface area contributed by atoms with E-state index >= 15 is 0 Å². The number of carbonyl (C=O) groups is 2. The van der Waals surface area contributed by atoms with Gasteiger partial charge in [0.05, 0.1) is 0 Å². The first kappa shape index (κ1) is 33.4. The number of hydrogen-bond donors (Lipinski definition) is 0. The van der Waals surface area contributed by atoms with Gasteiger partial charge >= 0.3 is 0 Å². The molecule has 4 heteroatoms. The summed E-state index contributed by atoms with van der Waals surface area (Å²) in [5.41, 5.74) is 8.13. The number of piperazine rings is 1. The highest BCUT2D eigenvalue weighted by atomic mass is 16.2. The third-order valence-corrected chi connectivity index (χ3v) is 6.92. The molecule has 0 atom stereocenters. The van der Waals surface area contributed by atoms with E-state index < -0.39 is 0 Å². The van der Waals surface area contributed by atoms with E-state index in [-0.39, 0.29) is 24.9 Å². The Balaban J connectivity index is 2.42. The Kier molecular flexibility index (Phi) is 16.4. The highest BCUT2D eigenvalue weighted by Crippen LogP contribution is 2.14. The van der Waals surface area contributed by atoms with Gasteiger partial charge in [-0.25, -0.2) is 0 Å². The van der Waals surface area contributed by atoms with E-state index in [9.17, 15) is 9.59 Å². The van der Waals surface area contributed by atoms with Crippen LogP contribution in [0.4, 0.5) is 0 Å². The highest BCUT2D eigenvalue weighted by molar-refractivity contribution is 5.92. The van der Waals surface area contributed by atoms with Gasteiger partial charge in [0.1, 0.15) is 13.1 Å². The van der Waals surface area contributed by atoms with Crippen LogP contribution in [0.5, 0.6) is 0 Å². The van der Waals surface area contributed by atoms with Crippen molar-refractivity contribution in [3.05, 3.63) is 69.9 Å². The molecule has 1 heterocycles. The summed E-state index contributed by atoms with van der Waals surface area (Å²) in [6.45, 7) is 18.6. The summed E-state index contributed by atoms with van der Waals surface area (Å²) in [6.07, 6.45) is 21.8. The molecule has 38 heavy (non-hydrogen) atoms. The van der Waals surface area contributed by atoms with E-state index in [0.29, 0.717) is 13.1 Å². The Labute approximate surface area is 233 Å². The minimum Gasteiger partial charge on any atom is -0.328 e. The predicted molar refractivity (Wildman–Crippen MR) is 164 cm³/mol. The van der Waals surface area contributed by atoms with Gasteiger partial charge in [0, 0.05) is 13.1 Å². The van der Waals surface area contributed by atoms with Gasteiger partial charge in [-0.2, -0.15) is 0 Å². The third kappa shape index (κ3) is 15.6. The summed E-state index contributed by atoms with van der Waals surface area (Å²) in [5.74, 6) is 0.0641. The molecule has 4 nitrogen and oxygen atoms in total. The Morgan fingerprint density at radius 2 is 0.789 bits per heavy atom. The van der Waals surface area contributed by atoms with E-state index in [2.05, 4.69) is 91.8 Å². The van der Waals surface area contributed by atoms with E-state index in [4.69, 9.17) is 0 Å². The minimum absolute atomic E-state index is 0.0321. The maximum absolute atomic E-state index is 12.7. The van der Waals surface area contributed by atoms with Crippen LogP contribution in [0.25, 0.3) is 0 Å². The molecule has 1 aliphatic heterocycles. The van der Waals surface area contributed by atoms with Crippen molar-refractivity contribution in [2.24, 2.45) is 0 Å². The van der Waals surface area contributed by atoms with Gasteiger partial charge in [0.15, 0.2) is 0 Å². The monoisotopic (exact) mass is 522 g/mol. The number of carbonyl (C=O) groups excluding carboxylic acids is 2. The fourth-order valence-electron chi connectivity index (χ4n) is 4.25. The standard InChI is InChI=1S/C34H54N2O2/c1-27(2)13-9-15-29(5)17-11-19-31(7)21-23-35-25-34(38)36(26-33(35)37)24-22-32(8)20-12-18-30(6)16-10-14-28(3)4/h13-14,17-18,21-22H,9-12,15-16,19-20,23-26H2,1-8H3/b29-17+,30-18+,31-21+,32-22+. The SMILES string of the molecule is CC(C)=CCC/C(C)=C/CC/C(C)=C/CN1CC(=O)N(C/C=C(\C)CC/C=C(\C)CCC=C(C)C)CC1=O. The third-order valence-electron chi connectivity index (χ3n) is 6.92. The van der Waals surface area contributed by atoms with Crippen molar-refractivity contribution < 1.29 is 9.59 Å². The Bertz CT molecular complexity index is 873. The average molecular weight is 523 g/mol. The van der Waals surface area contributed by atoms with E-state index in [0.717, 1.165) is 51.4 Å². The molecular weight excluding hydrogens is 468 g/mol. The van der Waals surface area contributed by atoms with Crippen molar-refractivity contribution in [3.8, 4) is 0 Å². The number of rotatable bonds is 16. The molecule has 0 unspecified atom stereocenters. The van der Waals surface area contributed by atoms with Crippen LogP contribution >= 0.6 is 0 Å². The van der Waals surface area contributed by atoms with Crippen molar-refractivity contribution in [1.82, 2.24) is 9.80 Å². The molecule has 0 N–H and O–H groups in total. The lowest BCUT2D eigenvalue weighted by atomic mass is 10.1. The lowest BCUT2D eigenvalue weighted by Crippen LogP contribution is -2.53. The predicted octanol–water partition coefficient (Wildman–Crippen LogP) is 8.50. The first-order valence-electron chi connectivity index (χ1n) is 14.4. The second-order valence-corrected chi connectivity index (χ2v) is 11.5. The molecule has 1 fully saturated rings. The fraction of sp³-hybridized carbons (Fsp3) is 0.588. The van der Waals surface area contributed by atoms with Gasteiger partial charge in [-0.1, -0.05) is 69.9 Å². The van der Waals surface area contributed by atoms with Crippen LogP contribution in [-0.4, -0.2) is 47.8 Å². The summed E-state index contributed by atoms with van der Waals surface area (Å²) in [5, 5.41) is 0. The Morgan fingerprint density at radius 3 is 1.11 bits per heavy atom. The normalized spacial score (nSPS) is 15.8. The number of allylic oxidation sites excluding steroid dienone is 10. The fourth-order valence-corrected chi connectivity index (χ4v) is 4.25. The maximum atomic E-state index is 12.7. The Hall–Kier alpha value is -2.62. The smallest absolute Gasteiger partial charge is 0.242 e. The number of nitrogens with zero attached hydrogens (tertiary/aromatic N) is 2. The van der Waals surface area contributed by atoms with E-state index in [1.54, 1.807) is 9.80 Å². The lowest BCUT2D eigenvalue weighted by Gasteiger charge is -2.33.